The van der Waals surface area contributed by atoms with Gasteiger partial charge >= 0.3 is 5.97 Å². The fourth-order valence-corrected chi connectivity index (χ4v) is 6.91. The number of sulfonamides is 1. The van der Waals surface area contributed by atoms with Gasteiger partial charge in [0, 0.05) is 12.6 Å². The van der Waals surface area contributed by atoms with Crippen LogP contribution in [0.25, 0.3) is 0 Å². The molecule has 0 aromatic rings. The number of carbonyl (C=O) groups excluding carboxylic acids is 1. The molecule has 1 saturated carbocycles. The number of hydrogen-bond donors (Lipinski definition) is 0. The van der Waals surface area contributed by atoms with E-state index >= 15 is 0 Å². The summed E-state index contributed by atoms with van der Waals surface area (Å²) in [5.74, 6) is -0.676. The number of ether oxygens (including phenoxy) is 1. The Bertz CT molecular complexity index is 567. The minimum atomic E-state index is -3.48. The zero-order valence-corrected chi connectivity index (χ0v) is 15.4. The lowest BCUT2D eigenvalue weighted by atomic mass is 9.65. The van der Waals surface area contributed by atoms with Crippen LogP contribution >= 0.6 is 0 Å². The molecule has 2 rings (SSSR count). The van der Waals surface area contributed by atoms with E-state index in [2.05, 4.69) is 20.8 Å². The number of hydrogen-bond acceptors (Lipinski definition) is 4. The van der Waals surface area contributed by atoms with Crippen LogP contribution in [0.15, 0.2) is 0 Å². The number of carbonyl (C=O) groups is 1. The van der Waals surface area contributed by atoms with Crippen LogP contribution in [-0.2, 0) is 19.6 Å². The maximum atomic E-state index is 12.9. The van der Waals surface area contributed by atoms with Gasteiger partial charge in [0.2, 0.25) is 10.0 Å². The first-order valence-electron chi connectivity index (χ1n) is 7.88. The third-order valence-electron chi connectivity index (χ3n) is 5.01. The Morgan fingerprint density at radius 3 is 2.41 bits per heavy atom. The van der Waals surface area contributed by atoms with Gasteiger partial charge in [0.25, 0.3) is 0 Å². The van der Waals surface area contributed by atoms with Gasteiger partial charge in [-0.2, -0.15) is 4.31 Å². The Labute approximate surface area is 134 Å². The maximum Gasteiger partial charge on any atom is 0.312 e. The predicted molar refractivity (Wildman–Crippen MR) is 85.8 cm³/mol. The zero-order valence-electron chi connectivity index (χ0n) is 14.6. The van der Waals surface area contributed by atoms with Gasteiger partial charge in [-0.15, -0.1) is 0 Å². The lowest BCUT2D eigenvalue weighted by molar-refractivity contribution is -0.149. The molecule has 0 spiro atoms. The van der Waals surface area contributed by atoms with Crippen LogP contribution < -0.4 is 0 Å². The highest BCUT2D eigenvalue weighted by atomic mass is 32.2. The first-order chi connectivity index (χ1) is 9.80. The Kier molecular flexibility index (Phi) is 4.19. The number of fused-ring (bicyclic) bond motifs is 2. The summed E-state index contributed by atoms with van der Waals surface area (Å²) in [7, 11) is -2.19. The average molecular weight is 331 g/mol. The Morgan fingerprint density at radius 1 is 1.27 bits per heavy atom. The van der Waals surface area contributed by atoms with E-state index in [-0.39, 0.29) is 22.6 Å². The first kappa shape index (κ1) is 17.7. The second-order valence-corrected chi connectivity index (χ2v) is 10.8. The molecule has 0 amide bonds. The normalized spacial score (nSPS) is 32.0. The van der Waals surface area contributed by atoms with E-state index in [9.17, 15) is 13.2 Å². The van der Waals surface area contributed by atoms with Crippen molar-refractivity contribution in [1.29, 1.82) is 0 Å². The van der Waals surface area contributed by atoms with Gasteiger partial charge in [0.15, 0.2) is 0 Å². The summed E-state index contributed by atoms with van der Waals surface area (Å²) < 4.78 is 32.2. The van der Waals surface area contributed by atoms with E-state index in [1.54, 1.807) is 18.2 Å². The van der Waals surface area contributed by atoms with Gasteiger partial charge in [-0.1, -0.05) is 20.8 Å². The van der Waals surface area contributed by atoms with Crippen molar-refractivity contribution in [2.24, 2.45) is 16.2 Å². The molecule has 1 heterocycles. The van der Waals surface area contributed by atoms with Crippen molar-refractivity contribution in [2.45, 2.75) is 59.9 Å². The molecule has 1 aliphatic heterocycles. The van der Waals surface area contributed by atoms with Gasteiger partial charge < -0.3 is 4.74 Å². The predicted octanol–water partition coefficient (Wildman–Crippen LogP) is 2.42. The molecular weight excluding hydrogens is 302 g/mol. The summed E-state index contributed by atoms with van der Waals surface area (Å²) in [5.41, 5.74) is -0.810. The Morgan fingerprint density at radius 2 is 1.86 bits per heavy atom. The molecule has 2 aliphatic rings. The van der Waals surface area contributed by atoms with Crippen molar-refractivity contribution in [3.8, 4) is 0 Å². The molecule has 2 fully saturated rings. The van der Waals surface area contributed by atoms with Crippen molar-refractivity contribution in [3.05, 3.63) is 0 Å². The average Bonchev–Trinajstić information content (AvgIpc) is 2.56. The van der Waals surface area contributed by atoms with Crippen molar-refractivity contribution in [1.82, 2.24) is 4.31 Å². The SMILES string of the molecule is COC(=O)C(C)(C)CS(=O)(=O)N1CC2(C)CC1CC(C)(C)C2. The highest BCUT2D eigenvalue weighted by molar-refractivity contribution is 7.89. The molecule has 0 aromatic heterocycles. The molecular formula is C16H29NO4S. The van der Waals surface area contributed by atoms with Gasteiger partial charge in [0.1, 0.15) is 0 Å². The largest absolute Gasteiger partial charge is 0.469 e. The van der Waals surface area contributed by atoms with Crippen molar-refractivity contribution < 1.29 is 17.9 Å². The van der Waals surface area contributed by atoms with E-state index in [4.69, 9.17) is 4.74 Å². The van der Waals surface area contributed by atoms with Gasteiger partial charge in [-0.25, -0.2) is 8.42 Å². The van der Waals surface area contributed by atoms with Gasteiger partial charge in [-0.05, 0) is 43.9 Å². The molecule has 22 heavy (non-hydrogen) atoms. The molecule has 2 bridgehead atoms. The van der Waals surface area contributed by atoms with Gasteiger partial charge in [-0.3, -0.25) is 4.79 Å². The summed E-state index contributed by atoms with van der Waals surface area (Å²) >= 11 is 0. The van der Waals surface area contributed by atoms with Crippen LogP contribution in [0.5, 0.6) is 0 Å². The summed E-state index contributed by atoms with van der Waals surface area (Å²) in [6.45, 7) is 10.4. The van der Waals surface area contributed by atoms with Crippen molar-refractivity contribution >= 4 is 16.0 Å². The standard InChI is InChI=1S/C16H29NO4S/c1-14(2)7-12-8-16(5,9-14)10-17(12)22(19,20)11-15(3,4)13(18)21-6/h12H,7-11H2,1-6H3. The number of esters is 1. The number of methoxy groups -OCH3 is 1. The third kappa shape index (κ3) is 3.32. The molecule has 2 unspecified atom stereocenters. The van der Waals surface area contributed by atoms with Gasteiger partial charge in [0.05, 0.1) is 18.3 Å². The monoisotopic (exact) mass is 331 g/mol. The molecule has 0 radical (unpaired) electrons. The van der Waals surface area contributed by atoms with E-state index in [0.29, 0.717) is 6.54 Å². The number of nitrogens with zero attached hydrogens (tertiary/aromatic N) is 1. The zero-order chi connectivity index (χ0) is 17.0. The molecule has 2 atom stereocenters. The summed E-state index contributed by atoms with van der Waals surface area (Å²) in [6, 6.07) is 0.0622. The molecule has 6 heteroatoms. The minimum absolute atomic E-state index is 0.0505. The van der Waals surface area contributed by atoms with E-state index in [1.807, 2.05) is 0 Å². The summed E-state index contributed by atoms with van der Waals surface area (Å²) in [4.78, 5) is 11.8. The molecule has 0 N–H and O–H groups in total. The van der Waals surface area contributed by atoms with E-state index in [1.165, 1.54) is 7.11 Å². The minimum Gasteiger partial charge on any atom is -0.469 e. The Balaban J connectivity index is 2.23. The fraction of sp³-hybridized carbons (Fsp3) is 0.938. The topological polar surface area (TPSA) is 63.7 Å². The van der Waals surface area contributed by atoms with Crippen molar-refractivity contribution in [3.63, 3.8) is 0 Å². The second-order valence-electron chi connectivity index (χ2n) is 8.89. The Hall–Kier alpha value is -0.620. The molecule has 1 saturated heterocycles. The van der Waals surface area contributed by atoms with Crippen LogP contribution in [0, 0.1) is 16.2 Å². The van der Waals surface area contributed by atoms with Crippen molar-refractivity contribution in [2.75, 3.05) is 19.4 Å². The lowest BCUT2D eigenvalue weighted by Crippen LogP contribution is -2.44. The van der Waals surface area contributed by atoms with Crippen LogP contribution in [0.2, 0.25) is 0 Å². The lowest BCUT2D eigenvalue weighted by Gasteiger charge is -2.39. The van der Waals surface area contributed by atoms with Crippen LogP contribution in [0.1, 0.15) is 53.9 Å². The highest BCUT2D eigenvalue weighted by Crippen LogP contribution is 2.53. The van der Waals surface area contributed by atoms with E-state index in [0.717, 1.165) is 19.3 Å². The van der Waals surface area contributed by atoms with Crippen LogP contribution in [0.3, 0.4) is 0 Å². The third-order valence-corrected chi connectivity index (χ3v) is 7.23. The molecule has 0 aromatic carbocycles. The molecule has 5 nitrogen and oxygen atoms in total. The quantitative estimate of drug-likeness (QED) is 0.742. The fourth-order valence-electron chi connectivity index (χ4n) is 4.61. The van der Waals surface area contributed by atoms with E-state index < -0.39 is 21.4 Å². The smallest absolute Gasteiger partial charge is 0.312 e. The first-order valence-corrected chi connectivity index (χ1v) is 9.49. The summed E-state index contributed by atoms with van der Waals surface area (Å²) in [5, 5.41) is 0. The van der Waals surface area contributed by atoms with Crippen LogP contribution in [-0.4, -0.2) is 44.1 Å². The maximum absolute atomic E-state index is 12.9. The summed E-state index contributed by atoms with van der Waals surface area (Å²) in [6.07, 6.45) is 2.86. The molecule has 1 aliphatic carbocycles. The molecule has 128 valence electrons. The van der Waals surface area contributed by atoms with Crippen LogP contribution in [0.4, 0.5) is 0 Å². The highest BCUT2D eigenvalue weighted by Gasteiger charge is 2.53. The second kappa shape index (κ2) is 5.20. The number of rotatable bonds is 4.